The normalized spacial score (nSPS) is 11.7. The molecular formula is C13H19N3O4. The summed E-state index contributed by atoms with van der Waals surface area (Å²) in [7, 11) is 1.49. The minimum absolute atomic E-state index is 0.187. The first-order chi connectivity index (χ1) is 9.58. The van der Waals surface area contributed by atoms with Gasteiger partial charge in [0.25, 0.3) is 0 Å². The van der Waals surface area contributed by atoms with Gasteiger partial charge in [-0.05, 0) is 12.1 Å². The minimum Gasteiger partial charge on any atom is -0.495 e. The summed E-state index contributed by atoms with van der Waals surface area (Å²) in [5.41, 5.74) is 5.80. The van der Waals surface area contributed by atoms with Gasteiger partial charge in [-0.25, -0.2) is 0 Å². The summed E-state index contributed by atoms with van der Waals surface area (Å²) < 4.78 is 5.10. The van der Waals surface area contributed by atoms with E-state index < -0.39 is 17.9 Å². The second kappa shape index (κ2) is 8.13. The Kier molecular flexibility index (Phi) is 6.48. The van der Waals surface area contributed by atoms with E-state index in [0.717, 1.165) is 0 Å². The van der Waals surface area contributed by atoms with E-state index in [-0.39, 0.29) is 6.42 Å². The maximum absolute atomic E-state index is 11.9. The van der Waals surface area contributed by atoms with Gasteiger partial charge in [0.05, 0.1) is 19.2 Å². The molecule has 7 nitrogen and oxygen atoms in total. The maximum Gasteiger partial charge on any atom is 0.321 e. The molecule has 0 aliphatic heterocycles. The lowest BCUT2D eigenvalue weighted by atomic mass is 10.2. The molecule has 1 rings (SSSR count). The first-order valence-corrected chi connectivity index (χ1v) is 6.17. The fraction of sp³-hybridized carbons (Fsp3) is 0.385. The lowest BCUT2D eigenvalue weighted by molar-refractivity contribution is -0.141. The van der Waals surface area contributed by atoms with Crippen LogP contribution >= 0.6 is 0 Å². The van der Waals surface area contributed by atoms with E-state index in [9.17, 15) is 9.59 Å². The number of hydrogen-bond donors (Lipinski definition) is 4. The molecule has 1 amide bonds. The number of rotatable bonds is 8. The first-order valence-electron chi connectivity index (χ1n) is 6.17. The number of aliphatic carboxylic acids is 1. The van der Waals surface area contributed by atoms with Gasteiger partial charge in [0.2, 0.25) is 5.91 Å². The van der Waals surface area contributed by atoms with Crippen molar-refractivity contribution in [3.05, 3.63) is 24.3 Å². The number of nitrogens with two attached hydrogens (primary N) is 1. The van der Waals surface area contributed by atoms with Crippen LogP contribution in [0.25, 0.3) is 0 Å². The van der Waals surface area contributed by atoms with Crippen LogP contribution in [0.15, 0.2) is 24.3 Å². The summed E-state index contributed by atoms with van der Waals surface area (Å²) in [6, 6.07) is 5.95. The number of anilines is 1. The highest BCUT2D eigenvalue weighted by molar-refractivity contribution is 5.95. The summed E-state index contributed by atoms with van der Waals surface area (Å²) in [4.78, 5) is 22.9. The maximum atomic E-state index is 11.9. The van der Waals surface area contributed by atoms with Crippen LogP contribution in [-0.4, -0.2) is 43.2 Å². The second-order valence-corrected chi connectivity index (χ2v) is 4.09. The van der Waals surface area contributed by atoms with Gasteiger partial charge in [0.1, 0.15) is 11.8 Å². The molecule has 0 heterocycles. The third kappa shape index (κ3) is 4.87. The molecule has 0 aromatic heterocycles. The Morgan fingerprint density at radius 2 is 2.10 bits per heavy atom. The quantitative estimate of drug-likeness (QED) is 0.534. The summed E-state index contributed by atoms with van der Waals surface area (Å²) in [6.07, 6.45) is -0.187. The fourth-order valence-electron chi connectivity index (χ4n) is 1.64. The second-order valence-electron chi connectivity index (χ2n) is 4.09. The third-order valence-electron chi connectivity index (χ3n) is 2.60. The van der Waals surface area contributed by atoms with Crippen LogP contribution in [-0.2, 0) is 9.59 Å². The topological polar surface area (TPSA) is 114 Å². The van der Waals surface area contributed by atoms with Crippen molar-refractivity contribution in [2.24, 2.45) is 5.73 Å². The number of carboxylic acids is 1. The van der Waals surface area contributed by atoms with E-state index >= 15 is 0 Å². The average Bonchev–Trinajstić information content (AvgIpc) is 2.43. The highest BCUT2D eigenvalue weighted by atomic mass is 16.5. The molecule has 0 fully saturated rings. The van der Waals surface area contributed by atoms with Crippen LogP contribution in [0.5, 0.6) is 5.75 Å². The zero-order valence-corrected chi connectivity index (χ0v) is 11.3. The zero-order chi connectivity index (χ0) is 15.0. The molecule has 0 radical (unpaired) electrons. The Bertz CT molecular complexity index is 465. The highest BCUT2D eigenvalue weighted by Gasteiger charge is 2.20. The molecule has 1 aromatic carbocycles. The number of para-hydroxylation sites is 2. The number of amides is 1. The number of nitrogens with one attached hydrogen (secondary N) is 2. The number of ether oxygens (including phenoxy) is 1. The molecule has 1 aromatic rings. The number of carboxylic acid groups (broad SMARTS) is 1. The lowest BCUT2D eigenvalue weighted by Crippen LogP contribution is -2.41. The molecule has 0 spiro atoms. The lowest BCUT2D eigenvalue weighted by Gasteiger charge is -2.14. The Hall–Kier alpha value is -2.12. The molecular weight excluding hydrogens is 262 g/mol. The van der Waals surface area contributed by atoms with Crippen molar-refractivity contribution in [1.29, 1.82) is 0 Å². The molecule has 7 heteroatoms. The van der Waals surface area contributed by atoms with Crippen molar-refractivity contribution in [1.82, 2.24) is 5.32 Å². The molecule has 1 atom stereocenters. The molecule has 110 valence electrons. The SMILES string of the molecule is COc1ccccc1NC(=O)C[C@H](NCCN)C(=O)O. The van der Waals surface area contributed by atoms with Gasteiger partial charge in [0.15, 0.2) is 0 Å². The van der Waals surface area contributed by atoms with Crippen molar-refractivity contribution in [2.75, 3.05) is 25.5 Å². The molecule has 0 bridgehead atoms. The number of methoxy groups -OCH3 is 1. The van der Waals surface area contributed by atoms with Crippen LogP contribution in [0.3, 0.4) is 0 Å². The van der Waals surface area contributed by atoms with Crippen LogP contribution in [0.2, 0.25) is 0 Å². The van der Waals surface area contributed by atoms with Crippen LogP contribution < -0.4 is 21.1 Å². The molecule has 5 N–H and O–H groups in total. The van der Waals surface area contributed by atoms with Gasteiger partial charge in [-0.15, -0.1) is 0 Å². The standard InChI is InChI=1S/C13H19N3O4/c1-20-11-5-3-2-4-9(11)16-12(17)8-10(13(18)19)15-7-6-14/h2-5,10,15H,6-8,14H2,1H3,(H,16,17)(H,18,19)/t10-/m0/s1. The Labute approximate surface area is 117 Å². The van der Waals surface area contributed by atoms with Gasteiger partial charge in [-0.1, -0.05) is 12.1 Å². The van der Waals surface area contributed by atoms with Crippen molar-refractivity contribution in [2.45, 2.75) is 12.5 Å². The minimum atomic E-state index is -1.09. The number of carbonyl (C=O) groups is 2. The van der Waals surface area contributed by atoms with E-state index in [1.54, 1.807) is 24.3 Å². The van der Waals surface area contributed by atoms with Gasteiger partial charge in [0, 0.05) is 13.1 Å². The van der Waals surface area contributed by atoms with Gasteiger partial charge >= 0.3 is 5.97 Å². The van der Waals surface area contributed by atoms with Crippen molar-refractivity contribution in [3.8, 4) is 5.75 Å². The average molecular weight is 281 g/mol. The summed E-state index contributed by atoms with van der Waals surface area (Å²) >= 11 is 0. The Morgan fingerprint density at radius 3 is 2.70 bits per heavy atom. The zero-order valence-electron chi connectivity index (χ0n) is 11.3. The van der Waals surface area contributed by atoms with E-state index in [2.05, 4.69) is 10.6 Å². The van der Waals surface area contributed by atoms with Crippen molar-refractivity contribution in [3.63, 3.8) is 0 Å². The molecule has 0 unspecified atom stereocenters. The number of carbonyl (C=O) groups excluding carboxylic acids is 1. The van der Waals surface area contributed by atoms with Crippen LogP contribution in [0.4, 0.5) is 5.69 Å². The Balaban J connectivity index is 2.63. The molecule has 0 aliphatic rings. The number of hydrogen-bond acceptors (Lipinski definition) is 5. The monoisotopic (exact) mass is 281 g/mol. The van der Waals surface area contributed by atoms with E-state index in [1.165, 1.54) is 7.11 Å². The third-order valence-corrected chi connectivity index (χ3v) is 2.60. The van der Waals surface area contributed by atoms with Crippen molar-refractivity contribution >= 4 is 17.6 Å². The molecule has 0 saturated heterocycles. The largest absolute Gasteiger partial charge is 0.495 e. The van der Waals surface area contributed by atoms with Crippen LogP contribution in [0, 0.1) is 0 Å². The van der Waals surface area contributed by atoms with Gasteiger partial charge in [-0.3, -0.25) is 9.59 Å². The Morgan fingerprint density at radius 1 is 1.40 bits per heavy atom. The smallest absolute Gasteiger partial charge is 0.321 e. The summed E-state index contributed by atoms with van der Waals surface area (Å²) in [6.45, 7) is 0.636. The summed E-state index contributed by atoms with van der Waals surface area (Å²) in [5.74, 6) is -0.984. The predicted octanol–water partition coefficient (Wildman–Crippen LogP) is 0.0253. The molecule has 0 saturated carbocycles. The molecule has 20 heavy (non-hydrogen) atoms. The van der Waals surface area contributed by atoms with E-state index in [1.807, 2.05) is 0 Å². The van der Waals surface area contributed by atoms with Crippen LogP contribution in [0.1, 0.15) is 6.42 Å². The predicted molar refractivity (Wildman–Crippen MR) is 74.7 cm³/mol. The van der Waals surface area contributed by atoms with Gasteiger partial charge < -0.3 is 26.2 Å². The van der Waals surface area contributed by atoms with E-state index in [0.29, 0.717) is 24.5 Å². The fourth-order valence-corrected chi connectivity index (χ4v) is 1.64. The van der Waals surface area contributed by atoms with E-state index in [4.69, 9.17) is 15.6 Å². The molecule has 0 aliphatic carbocycles. The van der Waals surface area contributed by atoms with Crippen molar-refractivity contribution < 1.29 is 19.4 Å². The number of benzene rings is 1. The highest BCUT2D eigenvalue weighted by Crippen LogP contribution is 2.23. The summed E-state index contributed by atoms with van der Waals surface area (Å²) in [5, 5.41) is 14.3. The first kappa shape index (κ1) is 15.9. The van der Waals surface area contributed by atoms with Gasteiger partial charge in [-0.2, -0.15) is 0 Å².